The molecule has 1 aromatic heterocycles. The van der Waals surface area contributed by atoms with Crippen molar-refractivity contribution in [2.45, 2.75) is 6.04 Å². The molecule has 2 aromatic rings. The van der Waals surface area contributed by atoms with Crippen molar-refractivity contribution in [2.75, 3.05) is 20.2 Å². The minimum Gasteiger partial charge on any atom is -0.497 e. The fourth-order valence-corrected chi connectivity index (χ4v) is 2.13. The number of methoxy groups -OCH3 is 1. The van der Waals surface area contributed by atoms with Crippen LogP contribution in [0.5, 0.6) is 5.75 Å². The number of hydrogen-bond donors (Lipinski definition) is 2. The first-order valence-corrected chi connectivity index (χ1v) is 5.86. The number of piperazine rings is 1. The van der Waals surface area contributed by atoms with Crippen LogP contribution in [0.15, 0.2) is 28.7 Å². The standard InChI is InChI=1S/C13H14N2O3/c1-17-9-3-2-8-6-11(18-10(8)7-9)12-13(16)15-5-4-14-12/h2-3,6-7,12,14H,4-5H2,1H3,(H,15,16). The van der Waals surface area contributed by atoms with Crippen molar-refractivity contribution in [2.24, 2.45) is 0 Å². The van der Waals surface area contributed by atoms with Crippen LogP contribution in [0.4, 0.5) is 0 Å². The smallest absolute Gasteiger partial charge is 0.245 e. The third-order valence-electron chi connectivity index (χ3n) is 3.07. The van der Waals surface area contributed by atoms with Gasteiger partial charge in [0.15, 0.2) is 0 Å². The first-order chi connectivity index (χ1) is 8.78. The Balaban J connectivity index is 1.99. The van der Waals surface area contributed by atoms with Gasteiger partial charge < -0.3 is 14.5 Å². The largest absolute Gasteiger partial charge is 0.497 e. The molecule has 1 aromatic carbocycles. The Kier molecular flexibility index (Phi) is 2.68. The maximum atomic E-state index is 11.7. The van der Waals surface area contributed by atoms with Gasteiger partial charge in [0.1, 0.15) is 23.1 Å². The zero-order chi connectivity index (χ0) is 12.5. The molecule has 1 saturated heterocycles. The van der Waals surface area contributed by atoms with E-state index in [1.165, 1.54) is 0 Å². The van der Waals surface area contributed by atoms with Crippen molar-refractivity contribution in [3.05, 3.63) is 30.0 Å². The summed E-state index contributed by atoms with van der Waals surface area (Å²) in [5.41, 5.74) is 0.726. The average Bonchev–Trinajstić information content (AvgIpc) is 2.81. The molecule has 3 rings (SSSR count). The van der Waals surface area contributed by atoms with E-state index in [1.807, 2.05) is 24.3 Å². The van der Waals surface area contributed by atoms with Crippen LogP contribution in [0.25, 0.3) is 11.0 Å². The molecule has 1 aliphatic rings. The summed E-state index contributed by atoms with van der Waals surface area (Å²) in [6, 6.07) is 7.09. The lowest BCUT2D eigenvalue weighted by atomic mass is 10.1. The zero-order valence-corrected chi connectivity index (χ0v) is 10.0. The molecule has 2 N–H and O–H groups in total. The van der Waals surface area contributed by atoms with Crippen molar-refractivity contribution < 1.29 is 13.9 Å². The minimum absolute atomic E-state index is 0.0488. The van der Waals surface area contributed by atoms with Gasteiger partial charge in [-0.3, -0.25) is 10.1 Å². The summed E-state index contributed by atoms with van der Waals surface area (Å²) in [7, 11) is 1.61. The fraction of sp³-hybridized carbons (Fsp3) is 0.308. The normalized spacial score (nSPS) is 19.8. The van der Waals surface area contributed by atoms with E-state index >= 15 is 0 Å². The molecule has 5 heteroatoms. The molecule has 1 amide bonds. The second-order valence-corrected chi connectivity index (χ2v) is 4.23. The third-order valence-corrected chi connectivity index (χ3v) is 3.07. The fourth-order valence-electron chi connectivity index (χ4n) is 2.13. The first kappa shape index (κ1) is 11.1. The molecule has 0 aliphatic carbocycles. The Bertz CT molecular complexity index is 591. The molecule has 18 heavy (non-hydrogen) atoms. The van der Waals surface area contributed by atoms with Crippen molar-refractivity contribution in [3.8, 4) is 5.75 Å². The van der Waals surface area contributed by atoms with Crippen LogP contribution in [-0.4, -0.2) is 26.1 Å². The lowest BCUT2D eigenvalue weighted by Gasteiger charge is -2.21. The number of benzene rings is 1. The molecule has 0 bridgehead atoms. The van der Waals surface area contributed by atoms with Gasteiger partial charge in [-0.15, -0.1) is 0 Å². The zero-order valence-electron chi connectivity index (χ0n) is 10.0. The molecule has 0 saturated carbocycles. The van der Waals surface area contributed by atoms with Crippen LogP contribution in [0.2, 0.25) is 0 Å². The van der Waals surface area contributed by atoms with E-state index in [2.05, 4.69) is 10.6 Å². The predicted octanol–water partition coefficient (Wildman–Crippen LogP) is 1.20. The molecular weight excluding hydrogens is 232 g/mol. The molecule has 0 spiro atoms. The van der Waals surface area contributed by atoms with Crippen molar-refractivity contribution in [3.63, 3.8) is 0 Å². The molecule has 94 valence electrons. The van der Waals surface area contributed by atoms with Crippen molar-refractivity contribution in [1.82, 2.24) is 10.6 Å². The maximum absolute atomic E-state index is 11.7. The Morgan fingerprint density at radius 3 is 3.00 bits per heavy atom. The second-order valence-electron chi connectivity index (χ2n) is 4.23. The minimum atomic E-state index is -0.405. The summed E-state index contributed by atoms with van der Waals surface area (Å²) < 4.78 is 10.9. The summed E-state index contributed by atoms with van der Waals surface area (Å²) in [6.45, 7) is 1.40. The lowest BCUT2D eigenvalue weighted by molar-refractivity contribution is -0.124. The highest BCUT2D eigenvalue weighted by Crippen LogP contribution is 2.27. The Hall–Kier alpha value is -2.01. The average molecular weight is 246 g/mol. The lowest BCUT2D eigenvalue weighted by Crippen LogP contribution is -2.47. The molecule has 2 heterocycles. The van der Waals surface area contributed by atoms with E-state index in [4.69, 9.17) is 9.15 Å². The Morgan fingerprint density at radius 2 is 2.22 bits per heavy atom. The third kappa shape index (κ3) is 1.82. The van der Waals surface area contributed by atoms with Crippen LogP contribution >= 0.6 is 0 Å². The molecule has 0 radical (unpaired) electrons. The molecule has 1 atom stereocenters. The van der Waals surface area contributed by atoms with Crippen LogP contribution in [-0.2, 0) is 4.79 Å². The van der Waals surface area contributed by atoms with Crippen LogP contribution in [0, 0.1) is 0 Å². The van der Waals surface area contributed by atoms with Crippen molar-refractivity contribution in [1.29, 1.82) is 0 Å². The SMILES string of the molecule is COc1ccc2cc(C3NCCNC3=O)oc2c1. The monoisotopic (exact) mass is 246 g/mol. The van der Waals surface area contributed by atoms with Gasteiger partial charge in [-0.2, -0.15) is 0 Å². The van der Waals surface area contributed by atoms with Crippen LogP contribution < -0.4 is 15.4 Å². The number of fused-ring (bicyclic) bond motifs is 1. The predicted molar refractivity (Wildman–Crippen MR) is 66.5 cm³/mol. The molecule has 1 unspecified atom stereocenters. The van der Waals surface area contributed by atoms with E-state index in [0.29, 0.717) is 12.3 Å². The number of hydrogen-bond acceptors (Lipinski definition) is 4. The number of nitrogens with one attached hydrogen (secondary N) is 2. The van der Waals surface area contributed by atoms with Gasteiger partial charge in [-0.25, -0.2) is 0 Å². The van der Waals surface area contributed by atoms with Crippen LogP contribution in [0.3, 0.4) is 0 Å². The topological polar surface area (TPSA) is 63.5 Å². The summed E-state index contributed by atoms with van der Waals surface area (Å²) >= 11 is 0. The van der Waals surface area contributed by atoms with E-state index < -0.39 is 6.04 Å². The summed E-state index contributed by atoms with van der Waals surface area (Å²) in [5, 5.41) is 6.91. The second kappa shape index (κ2) is 4.34. The number of rotatable bonds is 2. The van der Waals surface area contributed by atoms with Gasteiger partial charge in [0.05, 0.1) is 7.11 Å². The highest BCUT2D eigenvalue weighted by atomic mass is 16.5. The maximum Gasteiger partial charge on any atom is 0.245 e. The molecular formula is C13H14N2O3. The summed E-state index contributed by atoms with van der Waals surface area (Å²) in [4.78, 5) is 11.7. The van der Waals surface area contributed by atoms with Crippen molar-refractivity contribution >= 4 is 16.9 Å². The number of ether oxygens (including phenoxy) is 1. The number of furan rings is 1. The summed E-state index contributed by atoms with van der Waals surface area (Å²) in [6.07, 6.45) is 0. The van der Waals surface area contributed by atoms with Gasteiger partial charge in [0.25, 0.3) is 0 Å². The number of amides is 1. The highest BCUT2D eigenvalue weighted by Gasteiger charge is 2.26. The van der Waals surface area contributed by atoms with Gasteiger partial charge >= 0.3 is 0 Å². The van der Waals surface area contributed by atoms with E-state index in [0.717, 1.165) is 23.3 Å². The van der Waals surface area contributed by atoms with E-state index in [1.54, 1.807) is 7.11 Å². The summed E-state index contributed by atoms with van der Waals surface area (Å²) in [5.74, 6) is 1.33. The molecule has 1 fully saturated rings. The van der Waals surface area contributed by atoms with E-state index in [9.17, 15) is 4.79 Å². The van der Waals surface area contributed by atoms with E-state index in [-0.39, 0.29) is 5.91 Å². The highest BCUT2D eigenvalue weighted by molar-refractivity contribution is 5.86. The number of carbonyl (C=O) groups excluding carboxylic acids is 1. The van der Waals surface area contributed by atoms with Gasteiger partial charge in [-0.05, 0) is 18.2 Å². The van der Waals surface area contributed by atoms with Gasteiger partial charge in [0.2, 0.25) is 5.91 Å². The van der Waals surface area contributed by atoms with Gasteiger partial charge in [0, 0.05) is 24.5 Å². The van der Waals surface area contributed by atoms with Crippen LogP contribution in [0.1, 0.15) is 11.8 Å². The molecule has 1 aliphatic heterocycles. The quantitative estimate of drug-likeness (QED) is 0.835. The Labute approximate surface area is 104 Å². The number of carbonyl (C=O) groups is 1. The van der Waals surface area contributed by atoms with Gasteiger partial charge in [-0.1, -0.05) is 0 Å². The Morgan fingerprint density at radius 1 is 1.33 bits per heavy atom. The molecule has 5 nitrogen and oxygen atoms in total. The first-order valence-electron chi connectivity index (χ1n) is 5.86.